The number of fused-ring (bicyclic) bond motifs is 1. The minimum atomic E-state index is 0.146. The van der Waals surface area contributed by atoms with E-state index in [4.69, 9.17) is 4.74 Å². The number of rotatable bonds is 8. The van der Waals surface area contributed by atoms with Gasteiger partial charge in [0.2, 0.25) is 5.91 Å². The third kappa shape index (κ3) is 4.41. The lowest BCUT2D eigenvalue weighted by molar-refractivity contribution is -0.131. The zero-order valence-corrected chi connectivity index (χ0v) is 19.4. The van der Waals surface area contributed by atoms with E-state index < -0.39 is 0 Å². The molecule has 0 radical (unpaired) electrons. The summed E-state index contributed by atoms with van der Waals surface area (Å²) in [7, 11) is 1.64. The average Bonchev–Trinajstić information content (AvgIpc) is 3.44. The van der Waals surface area contributed by atoms with Crippen molar-refractivity contribution in [3.8, 4) is 17.1 Å². The molecule has 0 spiro atoms. The predicted molar refractivity (Wildman–Crippen MR) is 126 cm³/mol. The van der Waals surface area contributed by atoms with Crippen LogP contribution in [0.15, 0.2) is 53.5 Å². The number of nitrogens with zero attached hydrogens (tertiary/aromatic N) is 4. The molecular formula is C23H26N4O2S2. The van der Waals surface area contributed by atoms with Crippen molar-refractivity contribution in [1.29, 1.82) is 0 Å². The molecule has 2 aromatic heterocycles. The van der Waals surface area contributed by atoms with Crippen LogP contribution < -0.4 is 4.74 Å². The highest BCUT2D eigenvalue weighted by Gasteiger charge is 2.30. The smallest absolute Gasteiger partial charge is 0.233 e. The maximum Gasteiger partial charge on any atom is 0.233 e. The first-order valence-corrected chi connectivity index (χ1v) is 12.2. The Bertz CT molecular complexity index is 1060. The molecule has 0 saturated carbocycles. The van der Waals surface area contributed by atoms with Gasteiger partial charge in [-0.05, 0) is 54.1 Å². The second-order valence-corrected chi connectivity index (χ2v) is 9.23. The van der Waals surface area contributed by atoms with Crippen LogP contribution in [-0.4, -0.2) is 45.0 Å². The first-order valence-electron chi connectivity index (χ1n) is 10.3. The van der Waals surface area contributed by atoms with Gasteiger partial charge in [-0.1, -0.05) is 24.8 Å². The standard InChI is InChI=1S/C23H26N4O2S2/c1-4-12-27-22(16-6-8-17(29-3)9-7-16)24-25-23(27)31-15-21(28)26-13-10-20-18(11-14-30-20)19(26)5-2/h4,6-9,11,14,19H,1,5,10,12-13,15H2,2-3H3. The van der Waals surface area contributed by atoms with Crippen LogP contribution in [0.4, 0.5) is 0 Å². The third-order valence-electron chi connectivity index (χ3n) is 5.50. The Morgan fingerprint density at radius 3 is 2.84 bits per heavy atom. The van der Waals surface area contributed by atoms with E-state index in [1.165, 1.54) is 22.2 Å². The molecule has 1 aliphatic heterocycles. The Labute approximate surface area is 190 Å². The molecule has 0 aliphatic carbocycles. The fourth-order valence-corrected chi connectivity index (χ4v) is 5.75. The van der Waals surface area contributed by atoms with Gasteiger partial charge in [-0.25, -0.2) is 0 Å². The van der Waals surface area contributed by atoms with Gasteiger partial charge < -0.3 is 9.64 Å². The minimum absolute atomic E-state index is 0.146. The fraction of sp³-hybridized carbons (Fsp3) is 0.348. The van der Waals surface area contributed by atoms with Crippen LogP contribution >= 0.6 is 23.1 Å². The molecule has 6 nitrogen and oxygen atoms in total. The van der Waals surface area contributed by atoms with E-state index in [0.717, 1.165) is 41.7 Å². The van der Waals surface area contributed by atoms with Crippen molar-refractivity contribution in [3.63, 3.8) is 0 Å². The number of thioether (sulfide) groups is 1. The number of methoxy groups -OCH3 is 1. The summed E-state index contributed by atoms with van der Waals surface area (Å²) in [4.78, 5) is 16.5. The fourth-order valence-electron chi connectivity index (χ4n) is 3.99. The van der Waals surface area contributed by atoms with E-state index in [1.54, 1.807) is 18.4 Å². The second kappa shape index (κ2) is 9.70. The molecule has 162 valence electrons. The van der Waals surface area contributed by atoms with Crippen LogP contribution in [0.3, 0.4) is 0 Å². The molecule has 1 atom stereocenters. The highest BCUT2D eigenvalue weighted by atomic mass is 32.2. The maximum atomic E-state index is 13.1. The van der Waals surface area contributed by atoms with Crippen LogP contribution in [0, 0.1) is 0 Å². The van der Waals surface area contributed by atoms with Gasteiger partial charge in [-0.3, -0.25) is 9.36 Å². The van der Waals surface area contributed by atoms with E-state index in [9.17, 15) is 4.79 Å². The van der Waals surface area contributed by atoms with Gasteiger partial charge in [-0.15, -0.1) is 28.1 Å². The number of ether oxygens (including phenoxy) is 1. The summed E-state index contributed by atoms with van der Waals surface area (Å²) in [5.41, 5.74) is 2.26. The number of hydrogen-bond acceptors (Lipinski definition) is 6. The van der Waals surface area contributed by atoms with Gasteiger partial charge in [0.15, 0.2) is 11.0 Å². The Morgan fingerprint density at radius 2 is 2.13 bits per heavy atom. The molecule has 8 heteroatoms. The molecule has 1 aliphatic rings. The van der Waals surface area contributed by atoms with Crippen molar-refractivity contribution >= 4 is 29.0 Å². The number of allylic oxidation sites excluding steroid dienone is 1. The van der Waals surface area contributed by atoms with Gasteiger partial charge in [-0.2, -0.15) is 0 Å². The summed E-state index contributed by atoms with van der Waals surface area (Å²) >= 11 is 3.23. The maximum absolute atomic E-state index is 13.1. The third-order valence-corrected chi connectivity index (χ3v) is 7.45. The van der Waals surface area contributed by atoms with Gasteiger partial charge in [0.05, 0.1) is 18.9 Å². The number of hydrogen-bond donors (Lipinski definition) is 0. The zero-order valence-electron chi connectivity index (χ0n) is 17.8. The van der Waals surface area contributed by atoms with E-state index in [0.29, 0.717) is 12.3 Å². The normalized spacial score (nSPS) is 15.5. The number of thiophene rings is 1. The lowest BCUT2D eigenvalue weighted by atomic mass is 9.98. The highest BCUT2D eigenvalue weighted by Crippen LogP contribution is 2.36. The van der Waals surface area contributed by atoms with Crippen LogP contribution in [0.5, 0.6) is 5.75 Å². The number of carbonyl (C=O) groups is 1. The van der Waals surface area contributed by atoms with E-state index in [-0.39, 0.29) is 11.9 Å². The quantitative estimate of drug-likeness (QED) is 0.360. The first kappa shape index (κ1) is 21.6. The average molecular weight is 455 g/mol. The number of amides is 1. The van der Waals surface area contributed by atoms with Crippen molar-refractivity contribution in [2.24, 2.45) is 0 Å². The van der Waals surface area contributed by atoms with Crippen molar-refractivity contribution in [3.05, 3.63) is 58.8 Å². The van der Waals surface area contributed by atoms with Crippen LogP contribution in [-0.2, 0) is 17.8 Å². The molecule has 1 aromatic carbocycles. The van der Waals surface area contributed by atoms with Gasteiger partial charge >= 0.3 is 0 Å². The van der Waals surface area contributed by atoms with Crippen LogP contribution in [0.2, 0.25) is 0 Å². The predicted octanol–water partition coefficient (Wildman–Crippen LogP) is 4.83. The number of carbonyl (C=O) groups excluding carboxylic acids is 1. The van der Waals surface area contributed by atoms with Crippen LogP contribution in [0.25, 0.3) is 11.4 Å². The SMILES string of the molecule is C=CCn1c(SCC(=O)N2CCc3sccc3C2CC)nnc1-c1ccc(OC)cc1. The summed E-state index contributed by atoms with van der Waals surface area (Å²) in [6, 6.07) is 10.1. The Balaban J connectivity index is 1.50. The monoisotopic (exact) mass is 454 g/mol. The summed E-state index contributed by atoms with van der Waals surface area (Å²) in [6.07, 6.45) is 3.68. The van der Waals surface area contributed by atoms with E-state index in [2.05, 4.69) is 35.1 Å². The number of benzene rings is 1. The van der Waals surface area contributed by atoms with Gasteiger partial charge in [0.1, 0.15) is 5.75 Å². The van der Waals surface area contributed by atoms with Crippen LogP contribution in [0.1, 0.15) is 29.8 Å². The lowest BCUT2D eigenvalue weighted by Crippen LogP contribution is -2.40. The molecular weight excluding hydrogens is 428 g/mol. The minimum Gasteiger partial charge on any atom is -0.497 e. The Hall–Kier alpha value is -2.58. The summed E-state index contributed by atoms with van der Waals surface area (Å²) in [5.74, 6) is 2.03. The molecule has 0 fully saturated rings. The molecule has 0 saturated heterocycles. The topological polar surface area (TPSA) is 60.2 Å². The first-order chi connectivity index (χ1) is 15.2. The second-order valence-electron chi connectivity index (χ2n) is 7.28. The highest BCUT2D eigenvalue weighted by molar-refractivity contribution is 7.99. The lowest BCUT2D eigenvalue weighted by Gasteiger charge is -2.35. The van der Waals surface area contributed by atoms with Crippen molar-refractivity contribution in [1.82, 2.24) is 19.7 Å². The van der Waals surface area contributed by atoms with Gasteiger partial charge in [0.25, 0.3) is 0 Å². The summed E-state index contributed by atoms with van der Waals surface area (Å²) in [5, 5.41) is 11.6. The summed E-state index contributed by atoms with van der Waals surface area (Å²) < 4.78 is 7.24. The molecule has 0 bridgehead atoms. The molecule has 4 rings (SSSR count). The van der Waals surface area contributed by atoms with Crippen molar-refractivity contribution in [2.45, 2.75) is 37.5 Å². The largest absolute Gasteiger partial charge is 0.497 e. The Kier molecular flexibility index (Phi) is 6.77. The molecule has 3 aromatic rings. The van der Waals surface area contributed by atoms with E-state index in [1.807, 2.05) is 39.8 Å². The van der Waals surface area contributed by atoms with Gasteiger partial charge in [0, 0.05) is 23.5 Å². The summed E-state index contributed by atoms with van der Waals surface area (Å²) in [6.45, 7) is 7.36. The molecule has 0 N–H and O–H groups in total. The van der Waals surface area contributed by atoms with Crippen molar-refractivity contribution < 1.29 is 9.53 Å². The number of aromatic nitrogens is 3. The Morgan fingerprint density at radius 1 is 1.32 bits per heavy atom. The molecule has 1 unspecified atom stereocenters. The van der Waals surface area contributed by atoms with E-state index >= 15 is 0 Å². The molecule has 1 amide bonds. The molecule has 31 heavy (non-hydrogen) atoms. The zero-order chi connectivity index (χ0) is 21.8. The molecule has 3 heterocycles. The van der Waals surface area contributed by atoms with Crippen molar-refractivity contribution in [2.75, 3.05) is 19.4 Å².